The maximum absolute atomic E-state index is 12.4. The molecule has 2 aliphatic rings. The maximum Gasteiger partial charge on any atom is 0.254 e. The van der Waals surface area contributed by atoms with Gasteiger partial charge >= 0.3 is 0 Å². The lowest BCUT2D eigenvalue weighted by Crippen LogP contribution is -2.36. The predicted octanol–water partition coefficient (Wildman–Crippen LogP) is 2.94. The van der Waals surface area contributed by atoms with Gasteiger partial charge in [0.2, 0.25) is 0 Å². The molecule has 3 heterocycles. The van der Waals surface area contributed by atoms with Gasteiger partial charge in [-0.2, -0.15) is 0 Å². The topological polar surface area (TPSA) is 42.7 Å². The molecular weight excluding hydrogens is 284 g/mol. The summed E-state index contributed by atoms with van der Waals surface area (Å²) in [5, 5.41) is 5.19. The van der Waals surface area contributed by atoms with E-state index in [2.05, 4.69) is 5.32 Å². The Morgan fingerprint density at radius 3 is 2.95 bits per heavy atom. The number of carbonyl (C=O) groups excluding carboxylic acids is 1. The van der Waals surface area contributed by atoms with E-state index < -0.39 is 0 Å². The molecule has 0 bridgehead atoms. The van der Waals surface area contributed by atoms with E-state index in [0.29, 0.717) is 5.41 Å². The summed E-state index contributed by atoms with van der Waals surface area (Å²) < 4.78 is 7.46. The van der Waals surface area contributed by atoms with Crippen molar-refractivity contribution in [3.63, 3.8) is 0 Å². The molecule has 21 heavy (non-hydrogen) atoms. The number of nitrogens with one attached hydrogen (secondary N) is 1. The molecule has 0 atom stereocenters. The monoisotopic (exact) mass is 304 g/mol. The van der Waals surface area contributed by atoms with E-state index in [1.807, 2.05) is 28.2 Å². The zero-order chi connectivity index (χ0) is 14.3. The minimum Gasteiger partial charge on any atom is -0.381 e. The highest BCUT2D eigenvalue weighted by Crippen LogP contribution is 2.54. The Morgan fingerprint density at radius 2 is 2.19 bits per heavy atom. The van der Waals surface area contributed by atoms with Crippen molar-refractivity contribution >= 4 is 22.1 Å². The van der Waals surface area contributed by atoms with Crippen molar-refractivity contribution in [3.05, 3.63) is 29.4 Å². The van der Waals surface area contributed by atoms with Crippen LogP contribution in [0, 0.1) is 11.3 Å². The molecule has 1 saturated carbocycles. The highest BCUT2D eigenvalue weighted by Gasteiger charge is 2.49. The van der Waals surface area contributed by atoms with E-state index in [1.54, 1.807) is 11.3 Å². The fourth-order valence-corrected chi connectivity index (χ4v) is 4.41. The van der Waals surface area contributed by atoms with E-state index in [0.717, 1.165) is 48.9 Å². The third kappa shape index (κ3) is 2.38. The number of fused-ring (bicyclic) bond motifs is 1. The lowest BCUT2D eigenvalue weighted by Gasteiger charge is -2.30. The van der Waals surface area contributed by atoms with Crippen molar-refractivity contribution in [1.82, 2.24) is 9.72 Å². The van der Waals surface area contributed by atoms with Gasteiger partial charge in [0.1, 0.15) is 4.83 Å². The van der Waals surface area contributed by atoms with Crippen LogP contribution in [0.5, 0.6) is 0 Å². The fourth-order valence-electron chi connectivity index (χ4n) is 3.56. The highest BCUT2D eigenvalue weighted by molar-refractivity contribution is 7.16. The summed E-state index contributed by atoms with van der Waals surface area (Å²) in [6.45, 7) is 2.59. The standard InChI is InChI=1S/C16H20N2O2S/c19-14(13-1-6-18-7-10-21-15(13)18)17-11-16(4-5-16)12-2-8-20-9-3-12/h1,6-7,10,12H,2-5,8-9,11H2,(H,17,19). The molecule has 1 saturated heterocycles. The number of amides is 1. The summed E-state index contributed by atoms with van der Waals surface area (Å²) in [6, 6.07) is 1.91. The van der Waals surface area contributed by atoms with Crippen molar-refractivity contribution in [3.8, 4) is 0 Å². The number of rotatable bonds is 4. The number of aromatic nitrogens is 1. The van der Waals surface area contributed by atoms with Crippen LogP contribution in [-0.2, 0) is 4.74 Å². The van der Waals surface area contributed by atoms with Crippen LogP contribution in [0.3, 0.4) is 0 Å². The molecule has 5 heteroatoms. The number of hydrogen-bond donors (Lipinski definition) is 1. The normalized spacial score (nSPS) is 21.5. The molecule has 0 radical (unpaired) electrons. The Morgan fingerprint density at radius 1 is 1.38 bits per heavy atom. The average molecular weight is 304 g/mol. The van der Waals surface area contributed by atoms with Crippen molar-refractivity contribution in [2.24, 2.45) is 11.3 Å². The molecule has 4 rings (SSSR count). The summed E-state index contributed by atoms with van der Waals surface area (Å²) in [4.78, 5) is 13.5. The van der Waals surface area contributed by atoms with Gasteiger partial charge in [0, 0.05) is 37.5 Å². The molecule has 1 amide bonds. The molecule has 2 aromatic heterocycles. The van der Waals surface area contributed by atoms with Gasteiger partial charge in [0.05, 0.1) is 5.56 Å². The number of ether oxygens (including phenoxy) is 1. The Labute approximate surface area is 128 Å². The fraction of sp³-hybridized carbons (Fsp3) is 0.562. The predicted molar refractivity (Wildman–Crippen MR) is 82.8 cm³/mol. The Kier molecular flexibility index (Phi) is 3.27. The minimum absolute atomic E-state index is 0.0679. The molecule has 0 aromatic carbocycles. The summed E-state index contributed by atoms with van der Waals surface area (Å²) in [6.07, 6.45) is 8.74. The SMILES string of the molecule is O=C(NCC1(C2CCOCC2)CC1)c1ccn2ccsc12. The van der Waals surface area contributed by atoms with Gasteiger partial charge in [-0.3, -0.25) is 4.79 Å². The van der Waals surface area contributed by atoms with Crippen LogP contribution in [-0.4, -0.2) is 30.1 Å². The van der Waals surface area contributed by atoms with Gasteiger partial charge < -0.3 is 14.5 Å². The van der Waals surface area contributed by atoms with Crippen LogP contribution in [0.1, 0.15) is 36.0 Å². The molecule has 0 spiro atoms. The summed E-state index contributed by atoms with van der Waals surface area (Å²) in [5.41, 5.74) is 1.15. The molecule has 112 valence electrons. The van der Waals surface area contributed by atoms with Crippen molar-refractivity contribution in [1.29, 1.82) is 0 Å². The van der Waals surface area contributed by atoms with Crippen molar-refractivity contribution in [2.45, 2.75) is 25.7 Å². The number of thiazole rings is 1. The molecule has 2 fully saturated rings. The van der Waals surface area contributed by atoms with Crippen LogP contribution in [0.15, 0.2) is 23.8 Å². The van der Waals surface area contributed by atoms with Crippen LogP contribution < -0.4 is 5.32 Å². The lowest BCUT2D eigenvalue weighted by molar-refractivity contribution is 0.0404. The first kappa shape index (κ1) is 13.3. The number of nitrogens with zero attached hydrogens (tertiary/aromatic N) is 1. The zero-order valence-corrected chi connectivity index (χ0v) is 12.8. The summed E-state index contributed by atoms with van der Waals surface area (Å²) in [5.74, 6) is 0.792. The minimum atomic E-state index is 0.0679. The first-order valence-electron chi connectivity index (χ1n) is 7.69. The third-order valence-corrected chi connectivity index (χ3v) is 6.00. The number of hydrogen-bond acceptors (Lipinski definition) is 3. The van der Waals surface area contributed by atoms with Gasteiger partial charge in [-0.25, -0.2) is 0 Å². The second-order valence-corrected chi connectivity index (χ2v) is 7.17. The Hall–Kier alpha value is -1.33. The summed E-state index contributed by atoms with van der Waals surface area (Å²) in [7, 11) is 0. The van der Waals surface area contributed by atoms with Gasteiger partial charge in [-0.15, -0.1) is 11.3 Å². The highest BCUT2D eigenvalue weighted by atomic mass is 32.1. The number of carbonyl (C=O) groups is 1. The van der Waals surface area contributed by atoms with E-state index in [4.69, 9.17) is 4.74 Å². The van der Waals surface area contributed by atoms with Crippen LogP contribution in [0.4, 0.5) is 0 Å². The van der Waals surface area contributed by atoms with E-state index >= 15 is 0 Å². The van der Waals surface area contributed by atoms with Crippen LogP contribution in [0.2, 0.25) is 0 Å². The van der Waals surface area contributed by atoms with Crippen LogP contribution >= 0.6 is 11.3 Å². The molecular formula is C16H20N2O2S. The van der Waals surface area contributed by atoms with Crippen molar-refractivity contribution < 1.29 is 9.53 Å². The molecule has 2 aromatic rings. The lowest BCUT2D eigenvalue weighted by atomic mass is 9.83. The van der Waals surface area contributed by atoms with E-state index in [-0.39, 0.29) is 5.91 Å². The third-order valence-electron chi connectivity index (χ3n) is 5.09. The molecule has 0 unspecified atom stereocenters. The van der Waals surface area contributed by atoms with E-state index in [1.165, 1.54) is 12.8 Å². The molecule has 1 aliphatic carbocycles. The molecule has 4 nitrogen and oxygen atoms in total. The Balaban J connectivity index is 1.42. The smallest absolute Gasteiger partial charge is 0.254 e. The van der Waals surface area contributed by atoms with Gasteiger partial charge in [0.15, 0.2) is 0 Å². The summed E-state index contributed by atoms with van der Waals surface area (Å²) >= 11 is 1.61. The first-order valence-corrected chi connectivity index (χ1v) is 8.57. The van der Waals surface area contributed by atoms with Gasteiger partial charge in [0.25, 0.3) is 5.91 Å². The zero-order valence-electron chi connectivity index (χ0n) is 12.0. The maximum atomic E-state index is 12.4. The quantitative estimate of drug-likeness (QED) is 0.943. The largest absolute Gasteiger partial charge is 0.381 e. The van der Waals surface area contributed by atoms with Gasteiger partial charge in [-0.1, -0.05) is 0 Å². The van der Waals surface area contributed by atoms with Crippen LogP contribution in [0.25, 0.3) is 4.83 Å². The van der Waals surface area contributed by atoms with Crippen molar-refractivity contribution in [2.75, 3.05) is 19.8 Å². The Bertz CT molecular complexity index is 650. The second kappa shape index (κ2) is 5.14. The molecule has 1 N–H and O–H groups in total. The second-order valence-electron chi connectivity index (χ2n) is 6.28. The van der Waals surface area contributed by atoms with Gasteiger partial charge in [-0.05, 0) is 43.1 Å². The first-order chi connectivity index (χ1) is 10.3. The average Bonchev–Trinajstić information content (AvgIpc) is 2.98. The van der Waals surface area contributed by atoms with E-state index in [9.17, 15) is 4.79 Å². The molecule has 1 aliphatic heterocycles.